The third-order valence-corrected chi connectivity index (χ3v) is 4.57. The van der Waals surface area contributed by atoms with Crippen LogP contribution in [0.1, 0.15) is 15.9 Å². The zero-order chi connectivity index (χ0) is 18.4. The Morgan fingerprint density at radius 2 is 1.96 bits per heavy atom. The maximum absolute atomic E-state index is 13.6. The van der Waals surface area contributed by atoms with E-state index in [0.29, 0.717) is 5.56 Å². The van der Waals surface area contributed by atoms with Crippen molar-refractivity contribution >= 4 is 35.2 Å². The van der Waals surface area contributed by atoms with Crippen molar-refractivity contribution in [2.24, 2.45) is 0 Å². The van der Waals surface area contributed by atoms with Crippen LogP contribution >= 0.6 is 23.4 Å². The molecule has 7 heteroatoms. The molecule has 0 aliphatic carbocycles. The highest BCUT2D eigenvalue weighted by Gasteiger charge is 2.17. The Kier molecular flexibility index (Phi) is 6.84. The number of benzene rings is 2. The van der Waals surface area contributed by atoms with Gasteiger partial charge >= 0.3 is 5.97 Å². The smallest absolute Gasteiger partial charge is 0.340 e. The SMILES string of the molecule is CSc1ccc(Cl)c(C(=O)OCC(=O)N(C)Cc2ccccc2F)c1. The van der Waals surface area contributed by atoms with E-state index in [1.807, 2.05) is 6.26 Å². The lowest BCUT2D eigenvalue weighted by Gasteiger charge is -2.17. The van der Waals surface area contributed by atoms with Crippen molar-refractivity contribution in [2.75, 3.05) is 19.9 Å². The number of esters is 1. The molecule has 0 aromatic heterocycles. The second-order valence-corrected chi connectivity index (χ2v) is 6.55. The Morgan fingerprint density at radius 3 is 2.64 bits per heavy atom. The second kappa shape index (κ2) is 8.87. The fourth-order valence-electron chi connectivity index (χ4n) is 2.07. The Morgan fingerprint density at radius 1 is 1.24 bits per heavy atom. The maximum atomic E-state index is 13.6. The lowest BCUT2D eigenvalue weighted by atomic mass is 10.2. The molecule has 0 saturated heterocycles. The van der Waals surface area contributed by atoms with Gasteiger partial charge in [-0.05, 0) is 30.5 Å². The highest BCUT2D eigenvalue weighted by Crippen LogP contribution is 2.23. The number of likely N-dealkylation sites (N-methyl/N-ethyl adjacent to an activating group) is 1. The summed E-state index contributed by atoms with van der Waals surface area (Å²) in [7, 11) is 1.52. The van der Waals surface area contributed by atoms with E-state index in [4.69, 9.17) is 16.3 Å². The van der Waals surface area contributed by atoms with Crippen LogP contribution in [0, 0.1) is 5.82 Å². The summed E-state index contributed by atoms with van der Waals surface area (Å²) in [6.45, 7) is -0.352. The van der Waals surface area contributed by atoms with E-state index in [-0.39, 0.29) is 22.9 Å². The third kappa shape index (κ3) is 5.21. The van der Waals surface area contributed by atoms with Gasteiger partial charge in [-0.15, -0.1) is 11.8 Å². The predicted octanol–water partition coefficient (Wildman–Crippen LogP) is 4.02. The van der Waals surface area contributed by atoms with E-state index in [1.54, 1.807) is 36.4 Å². The van der Waals surface area contributed by atoms with Crippen molar-refractivity contribution in [2.45, 2.75) is 11.4 Å². The largest absolute Gasteiger partial charge is 0.452 e. The summed E-state index contributed by atoms with van der Waals surface area (Å²) in [5.41, 5.74) is 0.596. The molecule has 0 bridgehead atoms. The van der Waals surface area contributed by atoms with Crippen molar-refractivity contribution in [3.63, 3.8) is 0 Å². The van der Waals surface area contributed by atoms with Gasteiger partial charge < -0.3 is 9.64 Å². The number of ether oxygens (including phenoxy) is 1. The molecule has 2 rings (SSSR count). The molecule has 2 aromatic carbocycles. The molecule has 132 valence electrons. The summed E-state index contributed by atoms with van der Waals surface area (Å²) in [5.74, 6) is -1.50. The van der Waals surface area contributed by atoms with E-state index in [0.717, 1.165) is 4.90 Å². The van der Waals surface area contributed by atoms with E-state index < -0.39 is 18.5 Å². The van der Waals surface area contributed by atoms with Crippen LogP contribution in [0.3, 0.4) is 0 Å². The first-order valence-electron chi connectivity index (χ1n) is 7.40. The average Bonchev–Trinajstić information content (AvgIpc) is 2.61. The van der Waals surface area contributed by atoms with Crippen LogP contribution in [0.15, 0.2) is 47.4 Å². The monoisotopic (exact) mass is 381 g/mol. The topological polar surface area (TPSA) is 46.6 Å². The first kappa shape index (κ1) is 19.3. The van der Waals surface area contributed by atoms with Gasteiger partial charge in [0, 0.05) is 24.1 Å². The van der Waals surface area contributed by atoms with Crippen molar-refractivity contribution in [1.29, 1.82) is 0 Å². The summed E-state index contributed by atoms with van der Waals surface area (Å²) in [5, 5.41) is 0.259. The molecule has 0 heterocycles. The molecule has 0 aliphatic heterocycles. The standard InChI is InChI=1S/C18H17ClFNO3S/c1-21(10-12-5-3-4-6-16(12)20)17(22)11-24-18(23)14-9-13(25-2)7-8-15(14)19/h3-9H,10-11H2,1-2H3. The predicted molar refractivity (Wildman–Crippen MR) is 96.4 cm³/mol. The number of hydrogen-bond donors (Lipinski definition) is 0. The molecule has 0 atom stereocenters. The van der Waals surface area contributed by atoms with Gasteiger partial charge in [-0.2, -0.15) is 0 Å². The van der Waals surface area contributed by atoms with Crippen LogP contribution in [0.5, 0.6) is 0 Å². The summed E-state index contributed by atoms with van der Waals surface area (Å²) < 4.78 is 18.7. The van der Waals surface area contributed by atoms with Crippen molar-refractivity contribution in [3.05, 3.63) is 64.4 Å². The Bertz CT molecular complexity index is 785. The maximum Gasteiger partial charge on any atom is 0.340 e. The number of carbonyl (C=O) groups is 2. The molecule has 0 radical (unpaired) electrons. The molecule has 0 spiro atoms. The molecule has 0 N–H and O–H groups in total. The Labute approximate surface area is 154 Å². The van der Waals surface area contributed by atoms with Gasteiger partial charge in [0.15, 0.2) is 6.61 Å². The number of nitrogens with zero attached hydrogens (tertiary/aromatic N) is 1. The number of halogens is 2. The zero-order valence-electron chi connectivity index (χ0n) is 13.8. The fraction of sp³-hybridized carbons (Fsp3) is 0.222. The normalized spacial score (nSPS) is 10.4. The first-order chi connectivity index (χ1) is 11.9. The molecule has 25 heavy (non-hydrogen) atoms. The minimum Gasteiger partial charge on any atom is -0.452 e. The number of rotatable bonds is 6. The molecule has 0 fully saturated rings. The quantitative estimate of drug-likeness (QED) is 0.560. The molecular weight excluding hydrogens is 365 g/mol. The van der Waals surface area contributed by atoms with Crippen LogP contribution in [-0.4, -0.2) is 36.7 Å². The van der Waals surface area contributed by atoms with Crippen LogP contribution in [-0.2, 0) is 16.1 Å². The molecule has 1 amide bonds. The number of amides is 1. The molecular formula is C18H17ClFNO3S. The Balaban J connectivity index is 1.95. The second-order valence-electron chi connectivity index (χ2n) is 5.26. The van der Waals surface area contributed by atoms with Crippen molar-refractivity contribution < 1.29 is 18.7 Å². The minimum absolute atomic E-state index is 0.0891. The van der Waals surface area contributed by atoms with Crippen LogP contribution in [0.4, 0.5) is 4.39 Å². The third-order valence-electron chi connectivity index (χ3n) is 3.51. The van der Waals surface area contributed by atoms with Gasteiger partial charge in [-0.25, -0.2) is 9.18 Å². The number of hydrogen-bond acceptors (Lipinski definition) is 4. The molecule has 0 saturated carbocycles. The average molecular weight is 382 g/mol. The Hall–Kier alpha value is -2.05. The fourth-order valence-corrected chi connectivity index (χ4v) is 2.71. The summed E-state index contributed by atoms with van der Waals surface area (Å²) in [4.78, 5) is 26.4. The number of thioether (sulfide) groups is 1. The minimum atomic E-state index is -0.673. The van der Waals surface area contributed by atoms with Gasteiger partial charge in [0.25, 0.3) is 5.91 Å². The first-order valence-corrected chi connectivity index (χ1v) is 9.00. The van der Waals surface area contributed by atoms with Gasteiger partial charge in [-0.3, -0.25) is 4.79 Å². The van der Waals surface area contributed by atoms with Crippen LogP contribution in [0.25, 0.3) is 0 Å². The van der Waals surface area contributed by atoms with Crippen LogP contribution in [0.2, 0.25) is 5.02 Å². The summed E-state index contributed by atoms with van der Waals surface area (Å²) in [6, 6.07) is 11.2. The number of carbonyl (C=O) groups excluding carboxylic acids is 2. The summed E-state index contributed by atoms with van der Waals surface area (Å²) >= 11 is 7.47. The molecule has 4 nitrogen and oxygen atoms in total. The van der Waals surface area contributed by atoms with Crippen molar-refractivity contribution in [3.8, 4) is 0 Å². The van der Waals surface area contributed by atoms with Crippen molar-refractivity contribution in [1.82, 2.24) is 4.90 Å². The lowest BCUT2D eigenvalue weighted by Crippen LogP contribution is -2.31. The van der Waals surface area contributed by atoms with E-state index in [1.165, 1.54) is 29.8 Å². The highest BCUT2D eigenvalue weighted by atomic mass is 35.5. The van der Waals surface area contributed by atoms with Gasteiger partial charge in [0.2, 0.25) is 0 Å². The lowest BCUT2D eigenvalue weighted by molar-refractivity contribution is -0.133. The van der Waals surface area contributed by atoms with Gasteiger partial charge in [-0.1, -0.05) is 29.8 Å². The van der Waals surface area contributed by atoms with Gasteiger partial charge in [0.05, 0.1) is 10.6 Å². The van der Waals surface area contributed by atoms with E-state index in [9.17, 15) is 14.0 Å². The van der Waals surface area contributed by atoms with Gasteiger partial charge in [0.1, 0.15) is 5.82 Å². The molecule has 0 unspecified atom stereocenters. The summed E-state index contributed by atoms with van der Waals surface area (Å²) in [6.07, 6.45) is 1.87. The van der Waals surface area contributed by atoms with E-state index in [2.05, 4.69) is 0 Å². The zero-order valence-corrected chi connectivity index (χ0v) is 15.4. The highest BCUT2D eigenvalue weighted by molar-refractivity contribution is 7.98. The molecule has 0 aliphatic rings. The molecule has 2 aromatic rings. The van der Waals surface area contributed by atoms with E-state index >= 15 is 0 Å². The van der Waals surface area contributed by atoms with Crippen LogP contribution < -0.4 is 0 Å².